The Kier molecular flexibility index (Phi) is 5.39. The van der Waals surface area contributed by atoms with Gasteiger partial charge in [-0.15, -0.1) is 0 Å². The van der Waals surface area contributed by atoms with Crippen LogP contribution in [0.25, 0.3) is 0 Å². The maximum absolute atomic E-state index is 12.6. The molecule has 1 aromatic carbocycles. The van der Waals surface area contributed by atoms with E-state index in [0.717, 1.165) is 37.7 Å². The van der Waals surface area contributed by atoms with Crippen molar-refractivity contribution in [3.63, 3.8) is 0 Å². The van der Waals surface area contributed by atoms with E-state index >= 15 is 0 Å². The van der Waals surface area contributed by atoms with Crippen LogP contribution in [0.4, 0.5) is 0 Å². The SMILES string of the molecule is Cc1cccc(CN2CCOC(C(=O)N3CCSCC3)C2)c1. The fourth-order valence-corrected chi connectivity index (χ4v) is 3.95. The fraction of sp³-hybridized carbons (Fsp3) is 0.588. The number of benzene rings is 1. The van der Waals surface area contributed by atoms with Crippen LogP contribution in [0.2, 0.25) is 0 Å². The summed E-state index contributed by atoms with van der Waals surface area (Å²) in [5.74, 6) is 2.27. The van der Waals surface area contributed by atoms with Crippen molar-refractivity contribution in [3.05, 3.63) is 35.4 Å². The summed E-state index contributed by atoms with van der Waals surface area (Å²) in [6.07, 6.45) is -0.290. The molecule has 3 rings (SSSR count). The van der Waals surface area contributed by atoms with E-state index in [-0.39, 0.29) is 12.0 Å². The van der Waals surface area contributed by atoms with Gasteiger partial charge < -0.3 is 9.64 Å². The minimum absolute atomic E-state index is 0.175. The van der Waals surface area contributed by atoms with Crippen LogP contribution in [0.3, 0.4) is 0 Å². The molecule has 2 aliphatic heterocycles. The minimum Gasteiger partial charge on any atom is -0.366 e. The lowest BCUT2D eigenvalue weighted by Crippen LogP contribution is -2.52. The molecule has 0 spiro atoms. The van der Waals surface area contributed by atoms with Gasteiger partial charge in [-0.05, 0) is 12.5 Å². The maximum Gasteiger partial charge on any atom is 0.253 e. The quantitative estimate of drug-likeness (QED) is 0.850. The zero-order valence-corrected chi connectivity index (χ0v) is 14.0. The van der Waals surface area contributed by atoms with Gasteiger partial charge in [-0.1, -0.05) is 29.8 Å². The van der Waals surface area contributed by atoms with E-state index in [4.69, 9.17) is 4.74 Å². The van der Waals surface area contributed by atoms with Gasteiger partial charge in [0.05, 0.1) is 6.61 Å². The Morgan fingerprint density at radius 3 is 2.91 bits per heavy atom. The number of thioether (sulfide) groups is 1. The lowest BCUT2D eigenvalue weighted by Gasteiger charge is -2.36. The molecule has 0 aliphatic carbocycles. The number of ether oxygens (including phenoxy) is 1. The number of hydrogen-bond donors (Lipinski definition) is 0. The number of morpholine rings is 1. The molecule has 0 N–H and O–H groups in total. The van der Waals surface area contributed by atoms with E-state index in [1.807, 2.05) is 16.7 Å². The highest BCUT2D eigenvalue weighted by atomic mass is 32.2. The summed E-state index contributed by atoms with van der Waals surface area (Å²) in [6.45, 7) is 6.98. The third-order valence-corrected chi connectivity index (χ3v) is 5.18. The first-order valence-electron chi connectivity index (χ1n) is 7.98. The van der Waals surface area contributed by atoms with Gasteiger partial charge >= 0.3 is 0 Å². The third-order valence-electron chi connectivity index (χ3n) is 4.24. The molecule has 4 nitrogen and oxygen atoms in total. The van der Waals surface area contributed by atoms with Crippen LogP contribution in [0, 0.1) is 6.92 Å². The summed E-state index contributed by atoms with van der Waals surface area (Å²) in [4.78, 5) is 16.9. The molecular weight excluding hydrogens is 296 g/mol. The lowest BCUT2D eigenvalue weighted by molar-refractivity contribution is -0.149. The number of amides is 1. The van der Waals surface area contributed by atoms with Crippen LogP contribution in [-0.2, 0) is 16.1 Å². The van der Waals surface area contributed by atoms with Crippen LogP contribution in [0.1, 0.15) is 11.1 Å². The second-order valence-corrected chi connectivity index (χ2v) is 7.25. The van der Waals surface area contributed by atoms with Gasteiger partial charge in [0.1, 0.15) is 6.10 Å². The van der Waals surface area contributed by atoms with Gasteiger partial charge in [-0.3, -0.25) is 9.69 Å². The second-order valence-electron chi connectivity index (χ2n) is 6.02. The van der Waals surface area contributed by atoms with E-state index in [2.05, 4.69) is 36.1 Å². The predicted molar refractivity (Wildman–Crippen MR) is 90.1 cm³/mol. The summed E-state index contributed by atoms with van der Waals surface area (Å²) in [5.41, 5.74) is 2.59. The van der Waals surface area contributed by atoms with Gasteiger partial charge in [-0.25, -0.2) is 0 Å². The van der Waals surface area contributed by atoms with E-state index in [1.54, 1.807) is 0 Å². The fourth-order valence-electron chi connectivity index (χ4n) is 3.05. The van der Waals surface area contributed by atoms with Gasteiger partial charge in [0.25, 0.3) is 5.91 Å². The molecule has 0 aromatic heterocycles. The zero-order chi connectivity index (χ0) is 15.4. The average molecular weight is 320 g/mol. The third kappa shape index (κ3) is 4.03. The molecule has 1 amide bonds. The molecule has 0 bridgehead atoms. The van der Waals surface area contributed by atoms with E-state index < -0.39 is 0 Å². The van der Waals surface area contributed by atoms with Crippen molar-refractivity contribution >= 4 is 17.7 Å². The topological polar surface area (TPSA) is 32.8 Å². The van der Waals surface area contributed by atoms with Crippen LogP contribution in [0.5, 0.6) is 0 Å². The largest absolute Gasteiger partial charge is 0.366 e. The van der Waals surface area contributed by atoms with Gasteiger partial charge in [0, 0.05) is 44.2 Å². The molecule has 5 heteroatoms. The number of hydrogen-bond acceptors (Lipinski definition) is 4. The van der Waals surface area contributed by atoms with Crippen LogP contribution >= 0.6 is 11.8 Å². The Balaban J connectivity index is 1.57. The number of carbonyl (C=O) groups excluding carboxylic acids is 1. The normalized spacial score (nSPS) is 23.5. The standard InChI is InChI=1S/C17H24N2O2S/c1-14-3-2-4-15(11-14)12-18-5-8-21-16(13-18)17(20)19-6-9-22-10-7-19/h2-4,11,16H,5-10,12-13H2,1H3. The Labute approximate surface area is 136 Å². The maximum atomic E-state index is 12.6. The van der Waals surface area contributed by atoms with Crippen LogP contribution in [-0.4, -0.2) is 66.1 Å². The molecule has 1 unspecified atom stereocenters. The first-order chi connectivity index (χ1) is 10.7. The molecule has 2 fully saturated rings. The molecule has 0 radical (unpaired) electrons. The summed E-state index contributed by atoms with van der Waals surface area (Å²) >= 11 is 1.92. The van der Waals surface area contributed by atoms with Crippen molar-refractivity contribution in [1.29, 1.82) is 0 Å². The van der Waals surface area contributed by atoms with Crippen molar-refractivity contribution in [2.24, 2.45) is 0 Å². The first kappa shape index (κ1) is 15.8. The molecule has 0 saturated carbocycles. The molecule has 2 heterocycles. The summed E-state index contributed by atoms with van der Waals surface area (Å²) in [6, 6.07) is 8.58. The van der Waals surface area contributed by atoms with Gasteiger partial charge in [-0.2, -0.15) is 11.8 Å². The number of rotatable bonds is 3. The summed E-state index contributed by atoms with van der Waals surface area (Å²) in [5, 5.41) is 0. The first-order valence-corrected chi connectivity index (χ1v) is 9.14. The monoisotopic (exact) mass is 320 g/mol. The van der Waals surface area contributed by atoms with Crippen LogP contribution < -0.4 is 0 Å². The molecule has 1 aromatic rings. The molecule has 2 aliphatic rings. The number of nitrogens with zero attached hydrogens (tertiary/aromatic N) is 2. The smallest absolute Gasteiger partial charge is 0.253 e. The number of aryl methyl sites for hydroxylation is 1. The van der Waals surface area contributed by atoms with Crippen LogP contribution in [0.15, 0.2) is 24.3 Å². The zero-order valence-electron chi connectivity index (χ0n) is 13.2. The molecule has 2 saturated heterocycles. The number of carbonyl (C=O) groups is 1. The summed E-state index contributed by atoms with van der Waals surface area (Å²) < 4.78 is 5.74. The second kappa shape index (κ2) is 7.49. The van der Waals surface area contributed by atoms with E-state index in [1.165, 1.54) is 11.1 Å². The molecule has 1 atom stereocenters. The lowest BCUT2D eigenvalue weighted by atomic mass is 10.1. The van der Waals surface area contributed by atoms with Gasteiger partial charge in [0.15, 0.2) is 0 Å². The molecule has 120 valence electrons. The average Bonchev–Trinajstić information content (AvgIpc) is 2.55. The van der Waals surface area contributed by atoms with Crippen molar-refractivity contribution in [2.45, 2.75) is 19.6 Å². The summed E-state index contributed by atoms with van der Waals surface area (Å²) in [7, 11) is 0. The highest BCUT2D eigenvalue weighted by molar-refractivity contribution is 7.99. The molecule has 22 heavy (non-hydrogen) atoms. The minimum atomic E-state index is -0.290. The predicted octanol–water partition coefficient (Wildman–Crippen LogP) is 1.77. The Hall–Kier alpha value is -1.04. The highest BCUT2D eigenvalue weighted by Crippen LogP contribution is 2.16. The van der Waals surface area contributed by atoms with Crippen molar-refractivity contribution in [2.75, 3.05) is 44.3 Å². The van der Waals surface area contributed by atoms with E-state index in [9.17, 15) is 4.79 Å². The Morgan fingerprint density at radius 2 is 2.14 bits per heavy atom. The Bertz CT molecular complexity index is 517. The van der Waals surface area contributed by atoms with E-state index in [0.29, 0.717) is 13.2 Å². The van der Waals surface area contributed by atoms with Crippen molar-refractivity contribution in [3.8, 4) is 0 Å². The highest BCUT2D eigenvalue weighted by Gasteiger charge is 2.30. The van der Waals surface area contributed by atoms with Gasteiger partial charge in [0.2, 0.25) is 0 Å². The molecular formula is C17H24N2O2S. The van der Waals surface area contributed by atoms with Crippen molar-refractivity contribution in [1.82, 2.24) is 9.80 Å². The van der Waals surface area contributed by atoms with Crippen molar-refractivity contribution < 1.29 is 9.53 Å². The Morgan fingerprint density at radius 1 is 1.32 bits per heavy atom.